The van der Waals surface area contributed by atoms with Crippen LogP contribution in [0.2, 0.25) is 0 Å². The smallest absolute Gasteiger partial charge is 0.222 e. The molecule has 1 aliphatic heterocycles. The molecule has 1 unspecified atom stereocenters. The Labute approximate surface area is 102 Å². The molecule has 0 bridgehead atoms. The zero-order valence-corrected chi connectivity index (χ0v) is 11.2. The zero-order chi connectivity index (χ0) is 13.3. The van der Waals surface area contributed by atoms with Crippen molar-refractivity contribution < 1.29 is 13.2 Å². The second-order valence-electron chi connectivity index (χ2n) is 5.54. The lowest BCUT2D eigenvalue weighted by molar-refractivity contribution is -0.128. The van der Waals surface area contributed by atoms with Gasteiger partial charge in [0.2, 0.25) is 15.9 Å². The van der Waals surface area contributed by atoms with Crippen LogP contribution in [0.4, 0.5) is 0 Å². The first kappa shape index (κ1) is 14.4. The van der Waals surface area contributed by atoms with E-state index in [1.165, 1.54) is 0 Å². The highest BCUT2D eigenvalue weighted by molar-refractivity contribution is 7.89. The molecular formula is C10H21N3O3S. The van der Waals surface area contributed by atoms with Gasteiger partial charge < -0.3 is 10.6 Å². The van der Waals surface area contributed by atoms with E-state index >= 15 is 0 Å². The maximum absolute atomic E-state index is 11.7. The largest absolute Gasteiger partial charge is 0.342 e. The van der Waals surface area contributed by atoms with Crippen molar-refractivity contribution in [3.63, 3.8) is 0 Å². The van der Waals surface area contributed by atoms with Crippen LogP contribution in [-0.2, 0) is 14.8 Å². The monoisotopic (exact) mass is 263 g/mol. The first-order chi connectivity index (χ1) is 7.63. The van der Waals surface area contributed by atoms with E-state index in [9.17, 15) is 13.2 Å². The summed E-state index contributed by atoms with van der Waals surface area (Å²) in [5.74, 6) is -0.329. The highest BCUT2D eigenvalue weighted by atomic mass is 32.2. The Hall–Kier alpha value is -0.660. The number of primary sulfonamides is 1. The van der Waals surface area contributed by atoms with Crippen molar-refractivity contribution in [3.05, 3.63) is 0 Å². The van der Waals surface area contributed by atoms with E-state index in [0.29, 0.717) is 19.6 Å². The predicted molar refractivity (Wildman–Crippen MR) is 65.5 cm³/mol. The second kappa shape index (κ2) is 4.91. The first-order valence-corrected chi connectivity index (χ1v) is 7.33. The summed E-state index contributed by atoms with van der Waals surface area (Å²) in [5, 5.41) is 4.98. The lowest BCUT2D eigenvalue weighted by atomic mass is 9.93. The Morgan fingerprint density at radius 2 is 2.06 bits per heavy atom. The molecule has 1 atom stereocenters. The minimum atomic E-state index is -3.51. The number of carbonyl (C=O) groups is 1. The van der Waals surface area contributed by atoms with Gasteiger partial charge in [0.25, 0.3) is 0 Å². The van der Waals surface area contributed by atoms with E-state index in [1.807, 2.05) is 13.8 Å². The van der Waals surface area contributed by atoms with E-state index in [-0.39, 0.29) is 29.4 Å². The van der Waals surface area contributed by atoms with Crippen molar-refractivity contribution >= 4 is 15.9 Å². The number of hydrogen-bond acceptors (Lipinski definition) is 4. The summed E-state index contributed by atoms with van der Waals surface area (Å²) >= 11 is 0. The van der Waals surface area contributed by atoms with Gasteiger partial charge in [0.1, 0.15) is 0 Å². The normalized spacial score (nSPS) is 22.2. The third-order valence-corrected chi connectivity index (χ3v) is 3.87. The van der Waals surface area contributed by atoms with Crippen LogP contribution in [0.1, 0.15) is 20.3 Å². The molecule has 0 aromatic heterocycles. The first-order valence-electron chi connectivity index (χ1n) is 5.61. The molecule has 0 radical (unpaired) electrons. The lowest BCUT2D eigenvalue weighted by Crippen LogP contribution is -2.39. The third kappa shape index (κ3) is 4.61. The standard InChI is InChI=1S/C10H21N3O3S/c1-10(2,6-11)7-13-4-8(3-9(13)14)5-17(12,15)16/h8H,3-7,11H2,1-2H3,(H2,12,15,16). The highest BCUT2D eigenvalue weighted by Crippen LogP contribution is 2.23. The number of hydrogen-bond donors (Lipinski definition) is 2. The summed E-state index contributed by atoms with van der Waals surface area (Å²) in [5.41, 5.74) is 5.47. The summed E-state index contributed by atoms with van der Waals surface area (Å²) in [6.45, 7) is 5.46. The molecule has 0 aliphatic carbocycles. The molecule has 7 heteroatoms. The van der Waals surface area contributed by atoms with Crippen LogP contribution < -0.4 is 10.9 Å². The number of likely N-dealkylation sites (tertiary alicyclic amines) is 1. The van der Waals surface area contributed by atoms with Crippen LogP contribution in [0.15, 0.2) is 0 Å². The maximum Gasteiger partial charge on any atom is 0.222 e. The van der Waals surface area contributed by atoms with Crippen molar-refractivity contribution in [1.82, 2.24) is 4.90 Å². The summed E-state index contributed by atoms with van der Waals surface area (Å²) in [7, 11) is -3.51. The Bertz CT molecular complexity index is 392. The van der Waals surface area contributed by atoms with E-state index in [1.54, 1.807) is 4.90 Å². The van der Waals surface area contributed by atoms with E-state index < -0.39 is 10.0 Å². The van der Waals surface area contributed by atoms with Gasteiger partial charge in [-0.2, -0.15) is 0 Å². The molecule has 1 rings (SSSR count). The molecule has 1 fully saturated rings. The summed E-state index contributed by atoms with van der Waals surface area (Å²) in [6, 6.07) is 0. The van der Waals surface area contributed by atoms with E-state index in [4.69, 9.17) is 10.9 Å². The average molecular weight is 263 g/mol. The molecule has 0 aromatic carbocycles. The minimum absolute atomic E-state index is 0.0137. The fourth-order valence-corrected chi connectivity index (χ4v) is 2.91. The molecule has 100 valence electrons. The molecule has 0 saturated carbocycles. The van der Waals surface area contributed by atoms with E-state index in [2.05, 4.69) is 0 Å². The minimum Gasteiger partial charge on any atom is -0.342 e. The molecule has 4 N–H and O–H groups in total. The molecule has 0 aromatic rings. The van der Waals surface area contributed by atoms with Crippen molar-refractivity contribution in [2.75, 3.05) is 25.4 Å². The van der Waals surface area contributed by atoms with Gasteiger partial charge in [-0.25, -0.2) is 13.6 Å². The van der Waals surface area contributed by atoms with Gasteiger partial charge in [-0.05, 0) is 12.0 Å². The van der Waals surface area contributed by atoms with Crippen molar-refractivity contribution in [3.8, 4) is 0 Å². The number of nitrogens with two attached hydrogens (primary N) is 2. The SMILES string of the molecule is CC(C)(CN)CN1CC(CS(N)(=O)=O)CC1=O. The van der Waals surface area contributed by atoms with Crippen LogP contribution in [0.25, 0.3) is 0 Å². The fourth-order valence-electron chi connectivity index (χ4n) is 2.03. The molecule has 6 nitrogen and oxygen atoms in total. The van der Waals surface area contributed by atoms with Crippen molar-refractivity contribution in [2.45, 2.75) is 20.3 Å². The quantitative estimate of drug-likeness (QED) is 0.671. The number of carbonyl (C=O) groups excluding carboxylic acids is 1. The van der Waals surface area contributed by atoms with Gasteiger partial charge >= 0.3 is 0 Å². The summed E-state index contributed by atoms with van der Waals surface area (Å²) in [4.78, 5) is 13.4. The van der Waals surface area contributed by atoms with Crippen LogP contribution in [0.3, 0.4) is 0 Å². The Balaban J connectivity index is 2.59. The Morgan fingerprint density at radius 1 is 1.47 bits per heavy atom. The molecule has 1 heterocycles. The lowest BCUT2D eigenvalue weighted by Gasteiger charge is -2.29. The van der Waals surface area contributed by atoms with Crippen LogP contribution in [0, 0.1) is 11.3 Å². The van der Waals surface area contributed by atoms with Crippen molar-refractivity contribution in [2.24, 2.45) is 22.2 Å². The number of rotatable bonds is 5. The van der Waals surface area contributed by atoms with Gasteiger partial charge in [0.05, 0.1) is 5.75 Å². The topological polar surface area (TPSA) is 106 Å². The zero-order valence-electron chi connectivity index (χ0n) is 10.3. The second-order valence-corrected chi connectivity index (χ2v) is 7.20. The van der Waals surface area contributed by atoms with Crippen LogP contribution in [0.5, 0.6) is 0 Å². The number of amides is 1. The number of sulfonamides is 1. The van der Waals surface area contributed by atoms with Gasteiger partial charge in [0, 0.05) is 25.4 Å². The Kier molecular flexibility index (Phi) is 4.16. The molecule has 17 heavy (non-hydrogen) atoms. The summed E-state index contributed by atoms with van der Waals surface area (Å²) in [6.07, 6.45) is 0.261. The maximum atomic E-state index is 11.7. The molecule has 1 saturated heterocycles. The molecule has 1 aliphatic rings. The van der Waals surface area contributed by atoms with Gasteiger partial charge in [-0.15, -0.1) is 0 Å². The van der Waals surface area contributed by atoms with Crippen LogP contribution >= 0.6 is 0 Å². The van der Waals surface area contributed by atoms with Gasteiger partial charge in [-0.3, -0.25) is 4.79 Å². The average Bonchev–Trinajstić information content (AvgIpc) is 2.43. The van der Waals surface area contributed by atoms with E-state index in [0.717, 1.165) is 0 Å². The Morgan fingerprint density at radius 3 is 2.53 bits per heavy atom. The molecule has 1 amide bonds. The number of nitrogens with zero attached hydrogens (tertiary/aromatic N) is 1. The third-order valence-electron chi connectivity index (χ3n) is 2.93. The van der Waals surface area contributed by atoms with Crippen LogP contribution in [-0.4, -0.2) is 44.6 Å². The van der Waals surface area contributed by atoms with Crippen molar-refractivity contribution in [1.29, 1.82) is 0 Å². The molecule has 0 spiro atoms. The molecular weight excluding hydrogens is 242 g/mol. The predicted octanol–water partition coefficient (Wildman–Crippen LogP) is -0.892. The highest BCUT2D eigenvalue weighted by Gasteiger charge is 2.34. The summed E-state index contributed by atoms with van der Waals surface area (Å²) < 4.78 is 21.9. The fraction of sp³-hybridized carbons (Fsp3) is 0.900. The van der Waals surface area contributed by atoms with Gasteiger partial charge in [-0.1, -0.05) is 13.8 Å². The van der Waals surface area contributed by atoms with Gasteiger partial charge in [0.15, 0.2) is 0 Å².